The molecule has 0 radical (unpaired) electrons. The van der Waals surface area contributed by atoms with Crippen LogP contribution in [0.5, 0.6) is 0 Å². The van der Waals surface area contributed by atoms with Gasteiger partial charge in [0, 0.05) is 18.7 Å². The highest BCUT2D eigenvalue weighted by Gasteiger charge is 2.31. The molecule has 1 unspecified atom stereocenters. The summed E-state index contributed by atoms with van der Waals surface area (Å²) in [5, 5.41) is 13.0. The van der Waals surface area contributed by atoms with Crippen LogP contribution in [-0.4, -0.2) is 27.2 Å². The molecule has 5 heteroatoms. The van der Waals surface area contributed by atoms with Crippen LogP contribution < -0.4 is 0 Å². The summed E-state index contributed by atoms with van der Waals surface area (Å²) in [7, 11) is 0. The van der Waals surface area contributed by atoms with E-state index in [1.807, 2.05) is 29.2 Å². The average molecular weight is 258 g/mol. The monoisotopic (exact) mass is 258 g/mol. The molecule has 1 aromatic heterocycles. The SMILES string of the molecule is O=C(O)C1Cc2ccccc2CN1Cc1cnoc1. The summed E-state index contributed by atoms with van der Waals surface area (Å²) in [6.07, 6.45) is 3.72. The van der Waals surface area contributed by atoms with Gasteiger partial charge >= 0.3 is 5.97 Å². The number of hydrogen-bond acceptors (Lipinski definition) is 4. The van der Waals surface area contributed by atoms with Crippen LogP contribution in [0.4, 0.5) is 0 Å². The van der Waals surface area contributed by atoms with E-state index >= 15 is 0 Å². The molecule has 19 heavy (non-hydrogen) atoms. The van der Waals surface area contributed by atoms with E-state index in [0.29, 0.717) is 19.5 Å². The summed E-state index contributed by atoms with van der Waals surface area (Å²) in [5.74, 6) is -0.786. The Kier molecular flexibility index (Phi) is 3.05. The number of benzene rings is 1. The quantitative estimate of drug-likeness (QED) is 0.907. The number of rotatable bonds is 3. The van der Waals surface area contributed by atoms with E-state index in [-0.39, 0.29) is 0 Å². The van der Waals surface area contributed by atoms with Crippen LogP contribution in [0.3, 0.4) is 0 Å². The molecule has 1 aromatic carbocycles. The van der Waals surface area contributed by atoms with Gasteiger partial charge in [0.15, 0.2) is 0 Å². The lowest BCUT2D eigenvalue weighted by Gasteiger charge is -2.33. The Morgan fingerprint density at radius 2 is 2.21 bits per heavy atom. The summed E-state index contributed by atoms with van der Waals surface area (Å²) in [6.45, 7) is 1.17. The van der Waals surface area contributed by atoms with Crippen molar-refractivity contribution < 1.29 is 14.4 Å². The number of carbonyl (C=O) groups is 1. The van der Waals surface area contributed by atoms with Gasteiger partial charge in [-0.3, -0.25) is 9.69 Å². The van der Waals surface area contributed by atoms with Gasteiger partial charge in [-0.25, -0.2) is 0 Å². The molecule has 5 nitrogen and oxygen atoms in total. The third kappa shape index (κ3) is 2.37. The van der Waals surface area contributed by atoms with Crippen LogP contribution in [0.15, 0.2) is 41.2 Å². The standard InChI is InChI=1S/C14H14N2O3/c17-14(18)13-5-11-3-1-2-4-12(11)8-16(13)7-10-6-15-19-9-10/h1-4,6,9,13H,5,7-8H2,(H,17,18). The highest BCUT2D eigenvalue weighted by molar-refractivity contribution is 5.74. The molecule has 0 fully saturated rings. The van der Waals surface area contributed by atoms with Crippen molar-refractivity contribution in [1.29, 1.82) is 0 Å². The second-order valence-electron chi connectivity index (χ2n) is 4.76. The van der Waals surface area contributed by atoms with Crippen LogP contribution in [-0.2, 0) is 24.3 Å². The van der Waals surface area contributed by atoms with Crippen LogP contribution in [0.25, 0.3) is 0 Å². The van der Waals surface area contributed by atoms with Gasteiger partial charge in [0.25, 0.3) is 0 Å². The molecule has 0 aliphatic carbocycles. The van der Waals surface area contributed by atoms with Gasteiger partial charge in [0.05, 0.1) is 6.20 Å². The highest BCUT2D eigenvalue weighted by Crippen LogP contribution is 2.24. The number of fused-ring (bicyclic) bond motifs is 1. The lowest BCUT2D eigenvalue weighted by molar-refractivity contribution is -0.144. The Bertz CT molecular complexity index is 580. The van der Waals surface area contributed by atoms with E-state index in [0.717, 1.165) is 11.1 Å². The predicted molar refractivity (Wildman–Crippen MR) is 67.3 cm³/mol. The van der Waals surface area contributed by atoms with Crippen molar-refractivity contribution >= 4 is 5.97 Å². The van der Waals surface area contributed by atoms with Gasteiger partial charge in [-0.1, -0.05) is 29.4 Å². The average Bonchev–Trinajstić information content (AvgIpc) is 2.90. The Balaban J connectivity index is 1.87. The van der Waals surface area contributed by atoms with Gasteiger partial charge in [-0.2, -0.15) is 0 Å². The van der Waals surface area contributed by atoms with Crippen LogP contribution in [0, 0.1) is 0 Å². The molecule has 98 valence electrons. The first-order valence-electron chi connectivity index (χ1n) is 6.16. The van der Waals surface area contributed by atoms with E-state index < -0.39 is 12.0 Å². The summed E-state index contributed by atoms with van der Waals surface area (Å²) >= 11 is 0. The van der Waals surface area contributed by atoms with Crippen molar-refractivity contribution in [1.82, 2.24) is 10.1 Å². The second-order valence-corrected chi connectivity index (χ2v) is 4.76. The maximum absolute atomic E-state index is 11.4. The zero-order valence-electron chi connectivity index (χ0n) is 10.3. The summed E-state index contributed by atoms with van der Waals surface area (Å²) in [4.78, 5) is 13.4. The Morgan fingerprint density at radius 1 is 1.42 bits per heavy atom. The Hall–Kier alpha value is -2.14. The molecular formula is C14H14N2O3. The first-order chi connectivity index (χ1) is 9.24. The van der Waals surface area contributed by atoms with Crippen LogP contribution >= 0.6 is 0 Å². The molecule has 0 amide bonds. The van der Waals surface area contributed by atoms with Crippen LogP contribution in [0.2, 0.25) is 0 Å². The number of aliphatic carboxylic acids is 1. The van der Waals surface area contributed by atoms with E-state index in [1.165, 1.54) is 5.56 Å². The van der Waals surface area contributed by atoms with Gasteiger partial charge < -0.3 is 9.63 Å². The molecule has 0 saturated carbocycles. The normalized spacial score (nSPS) is 19.1. The molecule has 1 atom stereocenters. The van der Waals surface area contributed by atoms with Crippen molar-refractivity contribution in [3.05, 3.63) is 53.4 Å². The van der Waals surface area contributed by atoms with Crippen LogP contribution in [0.1, 0.15) is 16.7 Å². The van der Waals surface area contributed by atoms with Crippen molar-refractivity contribution in [2.75, 3.05) is 0 Å². The predicted octanol–water partition coefficient (Wildman–Crippen LogP) is 1.69. The molecule has 2 heterocycles. The fourth-order valence-electron chi connectivity index (χ4n) is 2.53. The Labute approximate surface area is 110 Å². The molecular weight excluding hydrogens is 244 g/mol. The molecule has 1 aliphatic rings. The second kappa shape index (κ2) is 4.85. The molecule has 1 N–H and O–H groups in total. The van der Waals surface area contributed by atoms with Gasteiger partial charge in [-0.15, -0.1) is 0 Å². The largest absolute Gasteiger partial charge is 0.480 e. The molecule has 3 rings (SSSR count). The van der Waals surface area contributed by atoms with Crippen molar-refractivity contribution in [3.63, 3.8) is 0 Å². The zero-order chi connectivity index (χ0) is 13.2. The number of hydrogen-bond donors (Lipinski definition) is 1. The Morgan fingerprint density at radius 3 is 2.89 bits per heavy atom. The minimum atomic E-state index is -0.786. The molecule has 0 spiro atoms. The van der Waals surface area contributed by atoms with Gasteiger partial charge in [0.1, 0.15) is 12.3 Å². The first-order valence-corrected chi connectivity index (χ1v) is 6.16. The third-order valence-corrected chi connectivity index (χ3v) is 3.50. The maximum Gasteiger partial charge on any atom is 0.321 e. The lowest BCUT2D eigenvalue weighted by Crippen LogP contribution is -2.44. The lowest BCUT2D eigenvalue weighted by atomic mass is 9.94. The van der Waals surface area contributed by atoms with Crippen molar-refractivity contribution in [2.24, 2.45) is 0 Å². The van der Waals surface area contributed by atoms with E-state index in [1.54, 1.807) is 12.5 Å². The maximum atomic E-state index is 11.4. The minimum Gasteiger partial charge on any atom is -0.480 e. The molecule has 0 bridgehead atoms. The molecule has 1 aliphatic heterocycles. The van der Waals surface area contributed by atoms with Crippen molar-refractivity contribution in [2.45, 2.75) is 25.6 Å². The summed E-state index contributed by atoms with van der Waals surface area (Å²) < 4.78 is 4.80. The number of nitrogens with zero attached hydrogens (tertiary/aromatic N) is 2. The zero-order valence-corrected chi connectivity index (χ0v) is 10.3. The van der Waals surface area contributed by atoms with Gasteiger partial charge in [0.2, 0.25) is 0 Å². The number of carboxylic acids is 1. The summed E-state index contributed by atoms with van der Waals surface area (Å²) in [5.41, 5.74) is 3.21. The number of aromatic nitrogens is 1. The fourth-order valence-corrected chi connectivity index (χ4v) is 2.53. The summed E-state index contributed by atoms with van der Waals surface area (Å²) in [6, 6.07) is 7.49. The smallest absolute Gasteiger partial charge is 0.321 e. The highest BCUT2D eigenvalue weighted by atomic mass is 16.5. The third-order valence-electron chi connectivity index (χ3n) is 3.50. The number of carboxylic acid groups (broad SMARTS) is 1. The van der Waals surface area contributed by atoms with E-state index in [2.05, 4.69) is 5.16 Å². The fraction of sp³-hybridized carbons (Fsp3) is 0.286. The first kappa shape index (κ1) is 11.9. The van der Waals surface area contributed by atoms with E-state index in [9.17, 15) is 9.90 Å². The molecule has 2 aromatic rings. The van der Waals surface area contributed by atoms with E-state index in [4.69, 9.17) is 4.52 Å². The topological polar surface area (TPSA) is 66.6 Å². The minimum absolute atomic E-state index is 0.496. The van der Waals surface area contributed by atoms with Gasteiger partial charge in [-0.05, 0) is 17.5 Å². The van der Waals surface area contributed by atoms with Crippen molar-refractivity contribution in [3.8, 4) is 0 Å². The molecule has 0 saturated heterocycles.